The summed E-state index contributed by atoms with van der Waals surface area (Å²) in [5.74, 6) is 0.892. The molecule has 0 aromatic heterocycles. The zero-order valence-corrected chi connectivity index (χ0v) is 11.2. The first-order valence-corrected chi connectivity index (χ1v) is 6.75. The Morgan fingerprint density at radius 2 is 2.11 bits per heavy atom. The number of carbonyl (C=O) groups is 1. The highest BCUT2D eigenvalue weighted by Crippen LogP contribution is 2.17. The second-order valence-corrected chi connectivity index (χ2v) is 4.79. The van der Waals surface area contributed by atoms with Crippen LogP contribution < -0.4 is 4.74 Å². The minimum atomic E-state index is -0.393. The highest BCUT2D eigenvalue weighted by molar-refractivity contribution is 5.81. The second-order valence-electron chi connectivity index (χ2n) is 4.79. The molecule has 1 heterocycles. The molecule has 2 rings (SSSR count). The number of rotatable bonds is 4. The van der Waals surface area contributed by atoms with Crippen molar-refractivity contribution in [1.29, 1.82) is 0 Å². The van der Waals surface area contributed by atoms with Crippen molar-refractivity contribution in [2.45, 2.75) is 39.2 Å². The summed E-state index contributed by atoms with van der Waals surface area (Å²) in [5, 5.41) is 0. The summed E-state index contributed by atoms with van der Waals surface area (Å²) in [7, 11) is 0. The Morgan fingerprint density at radius 1 is 1.39 bits per heavy atom. The molecular weight excluding hydrogens is 226 g/mol. The van der Waals surface area contributed by atoms with Gasteiger partial charge in [0.05, 0.1) is 0 Å². The fourth-order valence-electron chi connectivity index (χ4n) is 2.29. The summed E-state index contributed by atoms with van der Waals surface area (Å²) in [6.07, 6.45) is 2.81. The van der Waals surface area contributed by atoms with E-state index in [1.165, 1.54) is 5.56 Å². The molecule has 98 valence electrons. The summed E-state index contributed by atoms with van der Waals surface area (Å²) in [6, 6.07) is 7.96. The number of ether oxygens (including phenoxy) is 1. The van der Waals surface area contributed by atoms with Gasteiger partial charge in [-0.25, -0.2) is 0 Å². The fourth-order valence-corrected chi connectivity index (χ4v) is 2.29. The summed E-state index contributed by atoms with van der Waals surface area (Å²) >= 11 is 0. The van der Waals surface area contributed by atoms with Crippen molar-refractivity contribution in [2.24, 2.45) is 0 Å². The van der Waals surface area contributed by atoms with E-state index in [4.69, 9.17) is 4.74 Å². The van der Waals surface area contributed by atoms with Gasteiger partial charge in [-0.1, -0.05) is 19.1 Å². The Morgan fingerprint density at radius 3 is 2.78 bits per heavy atom. The molecule has 18 heavy (non-hydrogen) atoms. The van der Waals surface area contributed by atoms with Gasteiger partial charge in [0.25, 0.3) is 5.91 Å². The number of hydrogen-bond donors (Lipinski definition) is 0. The zero-order chi connectivity index (χ0) is 13.0. The lowest BCUT2D eigenvalue weighted by molar-refractivity contribution is -0.136. The van der Waals surface area contributed by atoms with Crippen LogP contribution in [0, 0.1) is 0 Å². The molecule has 0 aliphatic carbocycles. The number of amides is 1. The maximum absolute atomic E-state index is 12.1. The number of hydrogen-bond acceptors (Lipinski definition) is 2. The van der Waals surface area contributed by atoms with Crippen LogP contribution in [0.15, 0.2) is 24.3 Å². The number of aryl methyl sites for hydroxylation is 1. The summed E-state index contributed by atoms with van der Waals surface area (Å²) in [4.78, 5) is 14.0. The smallest absolute Gasteiger partial charge is 0.263 e. The maximum Gasteiger partial charge on any atom is 0.263 e. The predicted octanol–water partition coefficient (Wildman–Crippen LogP) is 2.64. The normalized spacial score (nSPS) is 16.7. The van der Waals surface area contributed by atoms with E-state index < -0.39 is 6.10 Å². The Kier molecular flexibility index (Phi) is 4.24. The van der Waals surface area contributed by atoms with Gasteiger partial charge in [-0.05, 0) is 43.9 Å². The molecule has 0 saturated carbocycles. The van der Waals surface area contributed by atoms with Crippen LogP contribution in [0.2, 0.25) is 0 Å². The summed E-state index contributed by atoms with van der Waals surface area (Å²) in [6.45, 7) is 5.69. The average Bonchev–Trinajstić information content (AvgIpc) is 2.92. The van der Waals surface area contributed by atoms with Gasteiger partial charge in [0.1, 0.15) is 5.75 Å². The van der Waals surface area contributed by atoms with Crippen LogP contribution in [-0.4, -0.2) is 30.0 Å². The Labute approximate surface area is 109 Å². The van der Waals surface area contributed by atoms with Crippen LogP contribution in [0.25, 0.3) is 0 Å². The van der Waals surface area contributed by atoms with Gasteiger partial charge in [-0.3, -0.25) is 4.79 Å². The van der Waals surface area contributed by atoms with Crippen LogP contribution in [0.1, 0.15) is 32.3 Å². The van der Waals surface area contributed by atoms with Crippen molar-refractivity contribution >= 4 is 5.91 Å². The third-order valence-corrected chi connectivity index (χ3v) is 3.39. The first-order chi connectivity index (χ1) is 8.70. The zero-order valence-electron chi connectivity index (χ0n) is 11.2. The van der Waals surface area contributed by atoms with Gasteiger partial charge >= 0.3 is 0 Å². The fraction of sp³-hybridized carbons (Fsp3) is 0.533. The molecule has 3 nitrogen and oxygen atoms in total. The Hall–Kier alpha value is -1.51. The topological polar surface area (TPSA) is 29.5 Å². The lowest BCUT2D eigenvalue weighted by atomic mass is 10.2. The average molecular weight is 247 g/mol. The minimum Gasteiger partial charge on any atom is -0.481 e. The molecule has 1 saturated heterocycles. The molecule has 1 aromatic carbocycles. The molecule has 1 atom stereocenters. The van der Waals surface area contributed by atoms with Crippen molar-refractivity contribution in [3.8, 4) is 5.75 Å². The number of likely N-dealkylation sites (tertiary alicyclic amines) is 1. The predicted molar refractivity (Wildman–Crippen MR) is 71.7 cm³/mol. The van der Waals surface area contributed by atoms with E-state index in [-0.39, 0.29) is 5.91 Å². The molecule has 1 aliphatic rings. The van der Waals surface area contributed by atoms with Crippen molar-refractivity contribution in [1.82, 2.24) is 4.90 Å². The Balaban J connectivity index is 1.97. The van der Waals surface area contributed by atoms with Crippen LogP contribution in [0.5, 0.6) is 5.75 Å². The molecule has 1 aromatic rings. The Bertz CT molecular complexity index is 411. The van der Waals surface area contributed by atoms with E-state index in [1.54, 1.807) is 0 Å². The quantitative estimate of drug-likeness (QED) is 0.818. The molecule has 1 fully saturated rings. The van der Waals surface area contributed by atoms with Crippen LogP contribution >= 0.6 is 0 Å². The third-order valence-electron chi connectivity index (χ3n) is 3.39. The molecule has 1 aliphatic heterocycles. The van der Waals surface area contributed by atoms with E-state index >= 15 is 0 Å². The van der Waals surface area contributed by atoms with Crippen LogP contribution in [0.4, 0.5) is 0 Å². The van der Waals surface area contributed by atoms with Gasteiger partial charge in [0, 0.05) is 13.1 Å². The standard InChI is InChI=1S/C15H21NO2/c1-3-13-7-6-8-14(11-13)18-12(2)15(17)16-9-4-5-10-16/h6-8,11-12H,3-5,9-10H2,1-2H3. The molecule has 0 radical (unpaired) electrons. The van der Waals surface area contributed by atoms with E-state index in [1.807, 2.05) is 30.0 Å². The van der Waals surface area contributed by atoms with Crippen LogP contribution in [-0.2, 0) is 11.2 Å². The number of nitrogens with zero attached hydrogens (tertiary/aromatic N) is 1. The monoisotopic (exact) mass is 247 g/mol. The van der Waals surface area contributed by atoms with Gasteiger partial charge in [0.15, 0.2) is 6.10 Å². The van der Waals surface area contributed by atoms with Gasteiger partial charge < -0.3 is 9.64 Å². The summed E-state index contributed by atoms with van der Waals surface area (Å²) < 4.78 is 5.74. The van der Waals surface area contributed by atoms with E-state index in [2.05, 4.69) is 13.0 Å². The molecule has 3 heteroatoms. The minimum absolute atomic E-state index is 0.106. The highest BCUT2D eigenvalue weighted by Gasteiger charge is 2.24. The molecule has 0 bridgehead atoms. The maximum atomic E-state index is 12.1. The van der Waals surface area contributed by atoms with Crippen LogP contribution in [0.3, 0.4) is 0 Å². The van der Waals surface area contributed by atoms with Gasteiger partial charge in [0.2, 0.25) is 0 Å². The largest absolute Gasteiger partial charge is 0.481 e. The molecule has 0 N–H and O–H groups in total. The molecule has 1 amide bonds. The molecule has 0 spiro atoms. The first-order valence-electron chi connectivity index (χ1n) is 6.75. The SMILES string of the molecule is CCc1cccc(OC(C)C(=O)N2CCCC2)c1. The lowest BCUT2D eigenvalue weighted by Crippen LogP contribution is -2.38. The molecule has 1 unspecified atom stereocenters. The van der Waals surface area contributed by atoms with Gasteiger partial charge in [-0.2, -0.15) is 0 Å². The van der Waals surface area contributed by atoms with Gasteiger partial charge in [-0.15, -0.1) is 0 Å². The van der Waals surface area contributed by atoms with Crippen molar-refractivity contribution in [3.05, 3.63) is 29.8 Å². The molecular formula is C15H21NO2. The van der Waals surface area contributed by atoms with Crippen molar-refractivity contribution in [3.63, 3.8) is 0 Å². The highest BCUT2D eigenvalue weighted by atomic mass is 16.5. The lowest BCUT2D eigenvalue weighted by Gasteiger charge is -2.21. The van der Waals surface area contributed by atoms with E-state index in [9.17, 15) is 4.79 Å². The number of benzene rings is 1. The first kappa shape index (κ1) is 12.9. The van der Waals surface area contributed by atoms with Crippen molar-refractivity contribution < 1.29 is 9.53 Å². The third kappa shape index (κ3) is 3.03. The van der Waals surface area contributed by atoms with E-state index in [0.717, 1.165) is 38.1 Å². The van der Waals surface area contributed by atoms with E-state index in [0.29, 0.717) is 0 Å². The van der Waals surface area contributed by atoms with Crippen molar-refractivity contribution in [2.75, 3.05) is 13.1 Å². The number of carbonyl (C=O) groups excluding carboxylic acids is 1. The second kappa shape index (κ2) is 5.89. The summed E-state index contributed by atoms with van der Waals surface area (Å²) in [5.41, 5.74) is 1.23.